The Morgan fingerprint density at radius 2 is 1.55 bits per heavy atom. The summed E-state index contributed by atoms with van der Waals surface area (Å²) >= 11 is 0. The fraction of sp³-hybridized carbons (Fsp3) is 0.457. The molecule has 3 atom stereocenters. The molecule has 256 valence electrons. The van der Waals surface area contributed by atoms with Crippen molar-refractivity contribution in [3.8, 4) is 5.75 Å². The summed E-state index contributed by atoms with van der Waals surface area (Å²) in [6.45, 7) is 15.3. The fourth-order valence-electron chi connectivity index (χ4n) is 4.64. The number of carbonyl (C=O) groups is 5. The number of primary amides is 1. The number of alkyl carbamates (subject to hydrolysis) is 1. The highest BCUT2D eigenvalue weighted by Gasteiger charge is 2.38. The number of ether oxygens (including phenoxy) is 2. The molecule has 0 aliphatic carbocycles. The number of aryl methyl sites for hydroxylation is 1. The van der Waals surface area contributed by atoms with Gasteiger partial charge in [-0.2, -0.15) is 0 Å². The van der Waals surface area contributed by atoms with Gasteiger partial charge in [0.2, 0.25) is 17.7 Å². The van der Waals surface area contributed by atoms with Gasteiger partial charge in [-0.25, -0.2) is 9.59 Å². The lowest BCUT2D eigenvalue weighted by Gasteiger charge is -2.35. The maximum atomic E-state index is 14.3. The van der Waals surface area contributed by atoms with Gasteiger partial charge in [-0.1, -0.05) is 42.5 Å². The first-order chi connectivity index (χ1) is 21.8. The van der Waals surface area contributed by atoms with Crippen LogP contribution in [0.1, 0.15) is 77.1 Å². The van der Waals surface area contributed by atoms with E-state index in [9.17, 15) is 29.1 Å². The summed E-state index contributed by atoms with van der Waals surface area (Å²) in [6, 6.07) is 9.63. The number of aromatic hydroxyl groups is 1. The van der Waals surface area contributed by atoms with E-state index in [1.807, 2.05) is 18.2 Å². The number of phenolic OH excluding ortho intramolecular Hbond substituents is 1. The monoisotopic (exact) mass is 652 g/mol. The molecule has 0 saturated carbocycles. The lowest BCUT2D eigenvalue weighted by molar-refractivity contribution is -0.159. The molecule has 2 aromatic carbocycles. The third-order valence-electron chi connectivity index (χ3n) is 6.66. The van der Waals surface area contributed by atoms with Crippen LogP contribution in [0.15, 0.2) is 61.2 Å². The van der Waals surface area contributed by atoms with E-state index < -0.39 is 59.1 Å². The second-order valence-corrected chi connectivity index (χ2v) is 13.2. The average molecular weight is 653 g/mol. The molecule has 47 heavy (non-hydrogen) atoms. The number of carbonyl (C=O) groups excluding carboxylic acids is 5. The van der Waals surface area contributed by atoms with Gasteiger partial charge < -0.3 is 35.8 Å². The number of benzene rings is 2. The standard InChI is InChI=1S/C35H48N4O8/c1-9-19-39(31(43)25(16-18-28(36)41)38-33(45)47-35(6,7)8)29(24-15-17-27(40)22(2)20-24)30(42)37-26(32(44)46-34(3,4)5)21-23-13-11-10-12-14-23/h9-15,17,20,25-26,29,40H,1,16,18-19,21H2,2-8H3,(H2,36,41)(H,37,42)(H,38,45). The van der Waals surface area contributed by atoms with E-state index in [0.717, 1.165) is 5.56 Å². The zero-order chi connectivity index (χ0) is 35.5. The molecule has 0 bridgehead atoms. The zero-order valence-corrected chi connectivity index (χ0v) is 28.3. The molecule has 2 aromatic rings. The van der Waals surface area contributed by atoms with Crippen molar-refractivity contribution >= 4 is 29.8 Å². The summed E-state index contributed by atoms with van der Waals surface area (Å²) in [7, 11) is 0. The Morgan fingerprint density at radius 3 is 2.09 bits per heavy atom. The van der Waals surface area contributed by atoms with E-state index in [2.05, 4.69) is 17.2 Å². The van der Waals surface area contributed by atoms with Crippen LogP contribution in [0.2, 0.25) is 0 Å². The predicted molar refractivity (Wildman–Crippen MR) is 177 cm³/mol. The Labute approximate surface area is 276 Å². The quantitative estimate of drug-likeness (QED) is 0.175. The molecule has 0 spiro atoms. The third kappa shape index (κ3) is 12.8. The van der Waals surface area contributed by atoms with Gasteiger partial charge in [0.15, 0.2) is 0 Å². The van der Waals surface area contributed by atoms with Crippen LogP contribution < -0.4 is 16.4 Å². The van der Waals surface area contributed by atoms with Crippen LogP contribution in [0.5, 0.6) is 5.75 Å². The van der Waals surface area contributed by atoms with Crippen molar-refractivity contribution in [2.45, 2.75) is 97.1 Å². The van der Waals surface area contributed by atoms with E-state index in [-0.39, 0.29) is 31.6 Å². The second-order valence-electron chi connectivity index (χ2n) is 13.2. The van der Waals surface area contributed by atoms with Crippen LogP contribution in [0.4, 0.5) is 4.79 Å². The Kier molecular flexibility index (Phi) is 13.5. The van der Waals surface area contributed by atoms with Crippen molar-refractivity contribution in [1.82, 2.24) is 15.5 Å². The number of rotatable bonds is 14. The zero-order valence-electron chi connectivity index (χ0n) is 28.3. The van der Waals surface area contributed by atoms with E-state index in [1.165, 1.54) is 23.1 Å². The lowest BCUT2D eigenvalue weighted by atomic mass is 9.98. The molecule has 3 unspecified atom stereocenters. The molecule has 0 saturated heterocycles. The molecule has 12 heteroatoms. The number of esters is 1. The lowest BCUT2D eigenvalue weighted by Crippen LogP contribution is -2.55. The maximum Gasteiger partial charge on any atom is 0.408 e. The largest absolute Gasteiger partial charge is 0.508 e. The van der Waals surface area contributed by atoms with Crippen molar-refractivity contribution in [2.24, 2.45) is 5.73 Å². The normalized spacial score (nSPS) is 13.3. The van der Waals surface area contributed by atoms with Gasteiger partial charge in [-0.05, 0) is 83.7 Å². The average Bonchev–Trinajstić information content (AvgIpc) is 2.94. The Hall–Kier alpha value is -4.87. The summed E-state index contributed by atoms with van der Waals surface area (Å²) in [6.07, 6.45) is 0.159. The second kappa shape index (κ2) is 16.6. The Balaban J connectivity index is 2.63. The molecular weight excluding hydrogens is 604 g/mol. The minimum atomic E-state index is -1.38. The molecular formula is C35H48N4O8. The number of nitrogens with zero attached hydrogens (tertiary/aromatic N) is 1. The smallest absolute Gasteiger partial charge is 0.408 e. The summed E-state index contributed by atoms with van der Waals surface area (Å²) in [4.78, 5) is 67.6. The van der Waals surface area contributed by atoms with Gasteiger partial charge in [-0.15, -0.1) is 6.58 Å². The predicted octanol–water partition coefficient (Wildman–Crippen LogP) is 3.98. The number of nitrogens with one attached hydrogen (secondary N) is 2. The van der Waals surface area contributed by atoms with Gasteiger partial charge in [0.1, 0.15) is 35.1 Å². The van der Waals surface area contributed by atoms with Gasteiger partial charge in [0.05, 0.1) is 0 Å². The number of nitrogens with two attached hydrogens (primary N) is 1. The van der Waals surface area contributed by atoms with E-state index in [1.54, 1.807) is 66.7 Å². The molecule has 0 radical (unpaired) electrons. The molecule has 4 amide bonds. The summed E-state index contributed by atoms with van der Waals surface area (Å²) in [5.74, 6) is -2.88. The number of hydrogen-bond donors (Lipinski definition) is 4. The summed E-state index contributed by atoms with van der Waals surface area (Å²) < 4.78 is 11.0. The first-order valence-electron chi connectivity index (χ1n) is 15.4. The van der Waals surface area contributed by atoms with Gasteiger partial charge in [-0.3, -0.25) is 14.4 Å². The summed E-state index contributed by atoms with van der Waals surface area (Å²) in [5.41, 5.74) is 5.13. The van der Waals surface area contributed by atoms with E-state index >= 15 is 0 Å². The first kappa shape index (κ1) is 38.3. The highest BCUT2D eigenvalue weighted by molar-refractivity contribution is 5.94. The van der Waals surface area contributed by atoms with E-state index in [0.29, 0.717) is 11.1 Å². The highest BCUT2D eigenvalue weighted by Crippen LogP contribution is 2.28. The van der Waals surface area contributed by atoms with Crippen LogP contribution in [0.25, 0.3) is 0 Å². The molecule has 2 rings (SSSR count). The molecule has 0 aliphatic rings. The van der Waals surface area contributed by atoms with Crippen LogP contribution in [-0.2, 0) is 35.1 Å². The molecule has 0 fully saturated rings. The SMILES string of the molecule is C=CCN(C(=O)C(CCC(N)=O)NC(=O)OC(C)(C)C)C(C(=O)NC(Cc1ccccc1)C(=O)OC(C)(C)C)c1ccc(O)c(C)c1. The van der Waals surface area contributed by atoms with Crippen molar-refractivity contribution < 1.29 is 38.6 Å². The maximum absolute atomic E-state index is 14.3. The van der Waals surface area contributed by atoms with Crippen molar-refractivity contribution in [3.05, 3.63) is 77.9 Å². The molecule has 0 heterocycles. The number of phenols is 1. The van der Waals surface area contributed by atoms with E-state index in [4.69, 9.17) is 15.2 Å². The molecule has 0 aliphatic heterocycles. The number of hydrogen-bond acceptors (Lipinski definition) is 8. The molecule has 12 nitrogen and oxygen atoms in total. The topological polar surface area (TPSA) is 177 Å². The highest BCUT2D eigenvalue weighted by atomic mass is 16.6. The Bertz CT molecular complexity index is 1430. The summed E-state index contributed by atoms with van der Waals surface area (Å²) in [5, 5.41) is 15.5. The van der Waals surface area contributed by atoms with Gasteiger partial charge >= 0.3 is 12.1 Å². The van der Waals surface area contributed by atoms with Crippen LogP contribution in [0.3, 0.4) is 0 Å². The minimum absolute atomic E-state index is 0.0314. The van der Waals surface area contributed by atoms with Crippen molar-refractivity contribution in [2.75, 3.05) is 6.54 Å². The van der Waals surface area contributed by atoms with Crippen LogP contribution >= 0.6 is 0 Å². The molecule has 5 N–H and O–H groups in total. The minimum Gasteiger partial charge on any atom is -0.508 e. The van der Waals surface area contributed by atoms with Crippen LogP contribution in [-0.4, -0.2) is 69.6 Å². The van der Waals surface area contributed by atoms with Gasteiger partial charge in [0.25, 0.3) is 0 Å². The first-order valence-corrected chi connectivity index (χ1v) is 15.4. The third-order valence-corrected chi connectivity index (χ3v) is 6.66. The fourth-order valence-corrected chi connectivity index (χ4v) is 4.64. The van der Waals surface area contributed by atoms with Crippen LogP contribution in [0, 0.1) is 6.92 Å². The number of amides is 4. The molecule has 0 aromatic heterocycles. The van der Waals surface area contributed by atoms with Crippen molar-refractivity contribution in [3.63, 3.8) is 0 Å². The Morgan fingerprint density at radius 1 is 0.936 bits per heavy atom. The van der Waals surface area contributed by atoms with Gasteiger partial charge in [0, 0.05) is 19.4 Å². The van der Waals surface area contributed by atoms with Crippen molar-refractivity contribution in [1.29, 1.82) is 0 Å².